The van der Waals surface area contributed by atoms with E-state index in [1.807, 2.05) is 30.5 Å². The maximum atomic E-state index is 9.39. The summed E-state index contributed by atoms with van der Waals surface area (Å²) in [5, 5.41) is 17.3. The topological polar surface area (TPSA) is 50.9 Å². The first kappa shape index (κ1) is 11.2. The van der Waals surface area contributed by atoms with Crippen LogP contribution < -0.4 is 0 Å². The molecule has 0 radical (unpaired) electrons. The number of aromatic nitrogens is 3. The number of aliphatic hydroxyl groups excluding tert-OH is 1. The molecule has 0 fully saturated rings. The van der Waals surface area contributed by atoms with E-state index >= 15 is 0 Å². The molecular formula is C11H13N3OS. The van der Waals surface area contributed by atoms with Gasteiger partial charge < -0.3 is 5.11 Å². The van der Waals surface area contributed by atoms with Crippen LogP contribution in [0.2, 0.25) is 0 Å². The summed E-state index contributed by atoms with van der Waals surface area (Å²) in [5.74, 6) is 0. The van der Waals surface area contributed by atoms with Crippen LogP contribution in [0, 0.1) is 0 Å². The van der Waals surface area contributed by atoms with Gasteiger partial charge in [0.1, 0.15) is 5.69 Å². The Labute approximate surface area is 98.3 Å². The fraction of sp³-hybridized carbons (Fsp3) is 0.273. The molecule has 0 saturated heterocycles. The van der Waals surface area contributed by atoms with Crippen molar-refractivity contribution in [1.29, 1.82) is 0 Å². The Morgan fingerprint density at radius 1 is 1.38 bits per heavy atom. The van der Waals surface area contributed by atoms with Gasteiger partial charge in [-0.15, -0.1) is 16.9 Å². The van der Waals surface area contributed by atoms with Crippen molar-refractivity contribution in [2.24, 2.45) is 0 Å². The molecule has 2 aromatic rings. The van der Waals surface area contributed by atoms with Crippen LogP contribution in [0.25, 0.3) is 5.69 Å². The number of aliphatic hydroxyl groups is 1. The Morgan fingerprint density at radius 2 is 2.12 bits per heavy atom. The van der Waals surface area contributed by atoms with Gasteiger partial charge in [0.25, 0.3) is 0 Å². The SMILES string of the molecule is CSc1ccccc1-n1cc([C@H](C)O)nn1. The molecule has 5 heteroatoms. The maximum Gasteiger partial charge on any atom is 0.111 e. The lowest BCUT2D eigenvalue weighted by Gasteiger charge is -2.05. The van der Waals surface area contributed by atoms with Gasteiger partial charge in [0.05, 0.1) is 18.0 Å². The van der Waals surface area contributed by atoms with E-state index in [9.17, 15) is 5.11 Å². The quantitative estimate of drug-likeness (QED) is 0.827. The van der Waals surface area contributed by atoms with Crippen LogP contribution >= 0.6 is 11.8 Å². The first-order chi connectivity index (χ1) is 7.72. The number of benzene rings is 1. The summed E-state index contributed by atoms with van der Waals surface area (Å²) in [6.45, 7) is 1.68. The Kier molecular flexibility index (Phi) is 3.26. The number of rotatable bonds is 3. The Bertz CT molecular complexity index is 482. The molecule has 1 aromatic carbocycles. The van der Waals surface area contributed by atoms with Crippen LogP contribution in [0.5, 0.6) is 0 Å². The summed E-state index contributed by atoms with van der Waals surface area (Å²) in [5.41, 5.74) is 1.56. The summed E-state index contributed by atoms with van der Waals surface area (Å²) < 4.78 is 1.69. The maximum absolute atomic E-state index is 9.39. The first-order valence-corrected chi connectivity index (χ1v) is 6.18. The number of hydrogen-bond donors (Lipinski definition) is 1. The van der Waals surface area contributed by atoms with E-state index in [4.69, 9.17) is 0 Å². The molecule has 4 nitrogen and oxygen atoms in total. The molecule has 0 aliphatic carbocycles. The fourth-order valence-electron chi connectivity index (χ4n) is 1.40. The Morgan fingerprint density at radius 3 is 2.75 bits per heavy atom. The van der Waals surface area contributed by atoms with E-state index in [0.29, 0.717) is 5.69 Å². The molecule has 0 spiro atoms. The summed E-state index contributed by atoms with van der Waals surface area (Å²) >= 11 is 1.66. The smallest absolute Gasteiger partial charge is 0.111 e. The largest absolute Gasteiger partial charge is 0.387 e. The number of nitrogens with zero attached hydrogens (tertiary/aromatic N) is 3. The van der Waals surface area contributed by atoms with E-state index < -0.39 is 6.10 Å². The standard InChI is InChI=1S/C11H13N3OS/c1-8(15)9-7-14(13-12-9)10-5-3-4-6-11(10)16-2/h3-8,15H,1-2H3/t8-/m0/s1. The van der Waals surface area contributed by atoms with Gasteiger partial charge in [0.15, 0.2) is 0 Å². The average Bonchev–Trinajstić information content (AvgIpc) is 2.78. The molecule has 0 unspecified atom stereocenters. The van der Waals surface area contributed by atoms with Crippen molar-refractivity contribution in [3.63, 3.8) is 0 Å². The van der Waals surface area contributed by atoms with Crippen molar-refractivity contribution in [3.8, 4) is 5.69 Å². The molecule has 0 amide bonds. The van der Waals surface area contributed by atoms with Gasteiger partial charge in [-0.2, -0.15) is 0 Å². The zero-order valence-electron chi connectivity index (χ0n) is 9.16. The van der Waals surface area contributed by atoms with Gasteiger partial charge in [-0.05, 0) is 25.3 Å². The first-order valence-electron chi connectivity index (χ1n) is 4.96. The van der Waals surface area contributed by atoms with Crippen LogP contribution in [0.4, 0.5) is 0 Å². The third kappa shape index (κ3) is 2.10. The predicted octanol–water partition coefficient (Wildman–Crippen LogP) is 2.04. The molecule has 1 atom stereocenters. The molecule has 1 aromatic heterocycles. The third-order valence-electron chi connectivity index (χ3n) is 2.27. The average molecular weight is 235 g/mol. The highest BCUT2D eigenvalue weighted by molar-refractivity contribution is 7.98. The number of thioether (sulfide) groups is 1. The molecule has 1 heterocycles. The highest BCUT2D eigenvalue weighted by Gasteiger charge is 2.09. The minimum atomic E-state index is -0.588. The molecule has 16 heavy (non-hydrogen) atoms. The zero-order chi connectivity index (χ0) is 11.5. The van der Waals surface area contributed by atoms with Gasteiger partial charge in [-0.25, -0.2) is 4.68 Å². The molecule has 1 N–H and O–H groups in total. The van der Waals surface area contributed by atoms with Crippen molar-refractivity contribution in [1.82, 2.24) is 15.0 Å². The summed E-state index contributed by atoms with van der Waals surface area (Å²) in [6, 6.07) is 7.96. The summed E-state index contributed by atoms with van der Waals surface area (Å²) in [7, 11) is 0. The normalized spacial score (nSPS) is 12.7. The van der Waals surface area contributed by atoms with Gasteiger partial charge in [0, 0.05) is 4.90 Å². The van der Waals surface area contributed by atoms with Crippen LogP contribution in [0.15, 0.2) is 35.4 Å². The summed E-state index contributed by atoms with van der Waals surface area (Å²) in [6.07, 6.45) is 3.18. The Balaban J connectivity index is 2.42. The number of para-hydroxylation sites is 1. The molecule has 2 rings (SSSR count). The van der Waals surface area contributed by atoms with Crippen molar-refractivity contribution >= 4 is 11.8 Å². The van der Waals surface area contributed by atoms with E-state index in [0.717, 1.165) is 10.6 Å². The molecule has 0 bridgehead atoms. The van der Waals surface area contributed by atoms with Crippen LogP contribution in [-0.2, 0) is 0 Å². The minimum absolute atomic E-state index is 0.580. The second-order valence-corrected chi connectivity index (χ2v) is 4.28. The monoisotopic (exact) mass is 235 g/mol. The minimum Gasteiger partial charge on any atom is -0.387 e. The predicted molar refractivity (Wildman–Crippen MR) is 63.8 cm³/mol. The van der Waals surface area contributed by atoms with Crippen molar-refractivity contribution < 1.29 is 5.11 Å². The van der Waals surface area contributed by atoms with Gasteiger partial charge in [0.2, 0.25) is 0 Å². The second-order valence-electron chi connectivity index (χ2n) is 3.44. The molecule has 0 saturated carbocycles. The fourth-order valence-corrected chi connectivity index (χ4v) is 1.99. The van der Waals surface area contributed by atoms with Crippen molar-refractivity contribution in [2.75, 3.05) is 6.26 Å². The van der Waals surface area contributed by atoms with E-state index in [2.05, 4.69) is 10.3 Å². The van der Waals surface area contributed by atoms with Gasteiger partial charge in [-0.3, -0.25) is 0 Å². The number of hydrogen-bond acceptors (Lipinski definition) is 4. The molecule has 0 aliphatic heterocycles. The second kappa shape index (κ2) is 4.67. The highest BCUT2D eigenvalue weighted by Crippen LogP contribution is 2.23. The summed E-state index contributed by atoms with van der Waals surface area (Å²) in [4.78, 5) is 1.13. The van der Waals surface area contributed by atoms with E-state index in [1.165, 1.54) is 0 Å². The Hall–Kier alpha value is -1.33. The lowest BCUT2D eigenvalue weighted by molar-refractivity contribution is 0.194. The van der Waals surface area contributed by atoms with Gasteiger partial charge in [-0.1, -0.05) is 17.3 Å². The van der Waals surface area contributed by atoms with Gasteiger partial charge >= 0.3 is 0 Å². The lowest BCUT2D eigenvalue weighted by atomic mass is 10.3. The van der Waals surface area contributed by atoms with Crippen molar-refractivity contribution in [2.45, 2.75) is 17.9 Å². The van der Waals surface area contributed by atoms with Crippen LogP contribution in [0.1, 0.15) is 18.7 Å². The van der Waals surface area contributed by atoms with Crippen LogP contribution in [0.3, 0.4) is 0 Å². The molecular weight excluding hydrogens is 222 g/mol. The highest BCUT2D eigenvalue weighted by atomic mass is 32.2. The van der Waals surface area contributed by atoms with Crippen LogP contribution in [-0.4, -0.2) is 26.4 Å². The van der Waals surface area contributed by atoms with Crippen molar-refractivity contribution in [3.05, 3.63) is 36.2 Å². The molecule has 0 aliphatic rings. The molecule has 84 valence electrons. The van der Waals surface area contributed by atoms with E-state index in [1.54, 1.807) is 29.6 Å². The van der Waals surface area contributed by atoms with E-state index in [-0.39, 0.29) is 0 Å². The zero-order valence-corrected chi connectivity index (χ0v) is 9.98. The lowest BCUT2D eigenvalue weighted by Crippen LogP contribution is -1.96. The third-order valence-corrected chi connectivity index (χ3v) is 3.06.